The van der Waals surface area contributed by atoms with Gasteiger partial charge in [-0.2, -0.15) is 0 Å². The first-order chi connectivity index (χ1) is 7.56. The average molecular weight is 230 g/mol. The second kappa shape index (κ2) is 9.30. The minimum atomic E-state index is -0.298. The van der Waals surface area contributed by atoms with Gasteiger partial charge in [0, 0.05) is 26.1 Å². The molecule has 0 radical (unpaired) electrons. The Labute approximate surface area is 97.3 Å². The van der Waals surface area contributed by atoms with Crippen molar-refractivity contribution in [1.82, 2.24) is 9.80 Å². The highest BCUT2D eigenvalue weighted by atomic mass is 16.5. The number of rotatable bonds is 9. The summed E-state index contributed by atoms with van der Waals surface area (Å²) in [7, 11) is 6.03. The summed E-state index contributed by atoms with van der Waals surface area (Å²) >= 11 is 0. The van der Waals surface area contributed by atoms with Gasteiger partial charge < -0.3 is 19.3 Å². The van der Waals surface area contributed by atoms with Crippen LogP contribution in [-0.4, -0.2) is 69.4 Å². The summed E-state index contributed by atoms with van der Waals surface area (Å²) in [4.78, 5) is 25.3. The minimum absolute atomic E-state index is 0.185. The van der Waals surface area contributed by atoms with Gasteiger partial charge in [0.15, 0.2) is 0 Å². The van der Waals surface area contributed by atoms with Gasteiger partial charge in [-0.25, -0.2) is 0 Å². The van der Waals surface area contributed by atoms with Crippen molar-refractivity contribution in [2.75, 3.05) is 47.4 Å². The van der Waals surface area contributed by atoms with Crippen molar-refractivity contribution in [3.63, 3.8) is 0 Å². The van der Waals surface area contributed by atoms with Gasteiger partial charge in [-0.05, 0) is 21.1 Å². The van der Waals surface area contributed by atoms with Gasteiger partial charge >= 0.3 is 5.97 Å². The highest BCUT2D eigenvalue weighted by Gasteiger charge is 2.03. The van der Waals surface area contributed by atoms with Crippen molar-refractivity contribution in [3.8, 4) is 0 Å². The van der Waals surface area contributed by atoms with E-state index in [2.05, 4.69) is 9.80 Å². The lowest BCUT2D eigenvalue weighted by atomic mass is 10.3. The Morgan fingerprint density at radius 1 is 1.19 bits per heavy atom. The quantitative estimate of drug-likeness (QED) is 0.412. The molecule has 0 aromatic rings. The molecule has 94 valence electrons. The van der Waals surface area contributed by atoms with Crippen LogP contribution in [0, 0.1) is 0 Å². The average Bonchev–Trinajstić information content (AvgIpc) is 2.23. The van der Waals surface area contributed by atoms with E-state index in [0.717, 1.165) is 25.9 Å². The molecule has 0 spiro atoms. The molecule has 0 aromatic heterocycles. The van der Waals surface area contributed by atoms with Crippen LogP contribution >= 0.6 is 0 Å². The monoisotopic (exact) mass is 230 g/mol. The standard InChI is InChI=1S/C11H22N2O3/c1-12(2)6-7-13(3)8-10-16-11(15)5-4-9-14/h9H,4-8,10H2,1-3H3. The number of ether oxygens (including phenoxy) is 1. The van der Waals surface area contributed by atoms with Crippen LogP contribution in [0.3, 0.4) is 0 Å². The van der Waals surface area contributed by atoms with Crippen LogP contribution in [0.1, 0.15) is 12.8 Å². The number of nitrogens with zero attached hydrogens (tertiary/aromatic N) is 2. The minimum Gasteiger partial charge on any atom is -0.464 e. The lowest BCUT2D eigenvalue weighted by molar-refractivity contribution is -0.144. The molecule has 0 heterocycles. The molecule has 5 nitrogen and oxygen atoms in total. The molecule has 0 atom stereocenters. The molecule has 0 aromatic carbocycles. The number of likely N-dealkylation sites (N-methyl/N-ethyl adjacent to an activating group) is 2. The summed E-state index contributed by atoms with van der Waals surface area (Å²) in [5.41, 5.74) is 0. The molecule has 0 N–H and O–H groups in total. The summed E-state index contributed by atoms with van der Waals surface area (Å²) in [5.74, 6) is -0.298. The molecule has 0 saturated heterocycles. The number of aldehydes is 1. The van der Waals surface area contributed by atoms with Crippen LogP contribution in [0.4, 0.5) is 0 Å². The molecule has 0 fully saturated rings. The van der Waals surface area contributed by atoms with E-state index in [1.165, 1.54) is 0 Å². The first-order valence-electron chi connectivity index (χ1n) is 5.48. The predicted molar refractivity (Wildman–Crippen MR) is 62.3 cm³/mol. The van der Waals surface area contributed by atoms with E-state index in [1.807, 2.05) is 21.1 Å². The van der Waals surface area contributed by atoms with E-state index in [0.29, 0.717) is 6.61 Å². The Morgan fingerprint density at radius 2 is 1.88 bits per heavy atom. The maximum absolute atomic E-state index is 11.0. The third-order valence-electron chi connectivity index (χ3n) is 2.13. The van der Waals surface area contributed by atoms with Crippen molar-refractivity contribution in [2.24, 2.45) is 0 Å². The van der Waals surface area contributed by atoms with Gasteiger partial charge in [0.2, 0.25) is 0 Å². The van der Waals surface area contributed by atoms with Crippen molar-refractivity contribution in [1.29, 1.82) is 0 Å². The highest BCUT2D eigenvalue weighted by molar-refractivity contribution is 5.72. The van der Waals surface area contributed by atoms with E-state index in [-0.39, 0.29) is 18.8 Å². The molecule has 0 bridgehead atoms. The Bertz CT molecular complexity index is 207. The molecule has 0 aliphatic rings. The molecule has 0 rings (SSSR count). The molecule has 0 amide bonds. The SMILES string of the molecule is CN(C)CCN(C)CCOC(=O)CCC=O. The van der Waals surface area contributed by atoms with E-state index >= 15 is 0 Å². The Hall–Kier alpha value is -0.940. The number of hydrogen-bond donors (Lipinski definition) is 0. The van der Waals surface area contributed by atoms with Gasteiger partial charge in [0.25, 0.3) is 0 Å². The summed E-state index contributed by atoms with van der Waals surface area (Å²) in [6.07, 6.45) is 1.16. The van der Waals surface area contributed by atoms with Crippen LogP contribution in [0.15, 0.2) is 0 Å². The molecule has 0 saturated carbocycles. The van der Waals surface area contributed by atoms with Crippen LogP contribution in [-0.2, 0) is 14.3 Å². The number of hydrogen-bond acceptors (Lipinski definition) is 5. The van der Waals surface area contributed by atoms with Crippen LogP contribution in [0.25, 0.3) is 0 Å². The molecule has 5 heteroatoms. The highest BCUT2D eigenvalue weighted by Crippen LogP contribution is 1.91. The van der Waals surface area contributed by atoms with Crippen molar-refractivity contribution < 1.29 is 14.3 Å². The van der Waals surface area contributed by atoms with Crippen molar-refractivity contribution in [2.45, 2.75) is 12.8 Å². The van der Waals surface area contributed by atoms with E-state index in [1.54, 1.807) is 0 Å². The maximum atomic E-state index is 11.0. The molecular weight excluding hydrogens is 208 g/mol. The van der Waals surface area contributed by atoms with Crippen LogP contribution < -0.4 is 0 Å². The fourth-order valence-corrected chi connectivity index (χ4v) is 1.05. The lowest BCUT2D eigenvalue weighted by Crippen LogP contribution is -2.31. The zero-order valence-corrected chi connectivity index (χ0v) is 10.4. The van der Waals surface area contributed by atoms with Crippen LogP contribution in [0.2, 0.25) is 0 Å². The van der Waals surface area contributed by atoms with Crippen LogP contribution in [0.5, 0.6) is 0 Å². The maximum Gasteiger partial charge on any atom is 0.306 e. The number of carbonyl (C=O) groups is 2. The van der Waals surface area contributed by atoms with Crippen molar-refractivity contribution in [3.05, 3.63) is 0 Å². The summed E-state index contributed by atoms with van der Waals surface area (Å²) < 4.78 is 4.97. The smallest absolute Gasteiger partial charge is 0.306 e. The van der Waals surface area contributed by atoms with E-state index in [9.17, 15) is 9.59 Å². The fourth-order valence-electron chi connectivity index (χ4n) is 1.05. The summed E-state index contributed by atoms with van der Waals surface area (Å²) in [5, 5.41) is 0. The van der Waals surface area contributed by atoms with Gasteiger partial charge in [-0.15, -0.1) is 0 Å². The van der Waals surface area contributed by atoms with Gasteiger partial charge in [-0.3, -0.25) is 4.79 Å². The molecule has 16 heavy (non-hydrogen) atoms. The first kappa shape index (κ1) is 15.1. The topological polar surface area (TPSA) is 49.9 Å². The summed E-state index contributed by atoms with van der Waals surface area (Å²) in [6.45, 7) is 3.04. The van der Waals surface area contributed by atoms with E-state index < -0.39 is 0 Å². The lowest BCUT2D eigenvalue weighted by Gasteiger charge is -2.18. The zero-order chi connectivity index (χ0) is 12.4. The van der Waals surface area contributed by atoms with Gasteiger partial charge in [-0.1, -0.05) is 0 Å². The Balaban J connectivity index is 3.42. The third kappa shape index (κ3) is 9.61. The largest absolute Gasteiger partial charge is 0.464 e. The Kier molecular flexibility index (Phi) is 8.75. The third-order valence-corrected chi connectivity index (χ3v) is 2.13. The Morgan fingerprint density at radius 3 is 2.44 bits per heavy atom. The molecule has 0 aliphatic carbocycles. The predicted octanol–water partition coefficient (Wildman–Crippen LogP) is 0.00210. The molecular formula is C11H22N2O3. The fraction of sp³-hybridized carbons (Fsp3) is 0.818. The second-order valence-electron chi connectivity index (χ2n) is 4.03. The zero-order valence-electron chi connectivity index (χ0n) is 10.4. The second-order valence-corrected chi connectivity index (χ2v) is 4.03. The normalized spacial score (nSPS) is 10.8. The van der Waals surface area contributed by atoms with Crippen molar-refractivity contribution >= 4 is 12.3 Å². The van der Waals surface area contributed by atoms with E-state index in [4.69, 9.17) is 4.74 Å². The number of carbonyl (C=O) groups excluding carboxylic acids is 2. The van der Waals surface area contributed by atoms with Gasteiger partial charge in [0.05, 0.1) is 6.42 Å². The first-order valence-corrected chi connectivity index (χ1v) is 5.48. The summed E-state index contributed by atoms with van der Waals surface area (Å²) in [6, 6.07) is 0. The molecule has 0 unspecified atom stereocenters. The number of esters is 1. The molecule has 0 aliphatic heterocycles. The van der Waals surface area contributed by atoms with Gasteiger partial charge in [0.1, 0.15) is 12.9 Å².